The standard InChI is InChI=1S/C18H29N7/c1-3-6-22-9-11-23(12-10-22)14-16-20-18-19-15(2)13-17(25(18)21-16)24-7-4-5-8-24/h13H,3-12,14H2,1-2H3. The molecule has 2 aromatic rings. The van der Waals surface area contributed by atoms with E-state index in [1.807, 2.05) is 11.4 Å². The van der Waals surface area contributed by atoms with Gasteiger partial charge in [-0.25, -0.2) is 4.98 Å². The van der Waals surface area contributed by atoms with Crippen LogP contribution in [0, 0.1) is 6.92 Å². The summed E-state index contributed by atoms with van der Waals surface area (Å²) in [4.78, 5) is 16.7. The highest BCUT2D eigenvalue weighted by molar-refractivity contribution is 5.48. The van der Waals surface area contributed by atoms with Gasteiger partial charge in [0, 0.05) is 51.0 Å². The SMILES string of the molecule is CCCN1CCN(Cc2nc3nc(C)cc(N4CCCC4)n3n2)CC1. The Bertz CT molecular complexity index is 712. The summed E-state index contributed by atoms with van der Waals surface area (Å²) in [6.45, 7) is 13.0. The molecule has 2 saturated heterocycles. The molecule has 136 valence electrons. The van der Waals surface area contributed by atoms with Gasteiger partial charge in [-0.2, -0.15) is 9.50 Å². The van der Waals surface area contributed by atoms with E-state index in [1.165, 1.54) is 25.8 Å². The van der Waals surface area contributed by atoms with Gasteiger partial charge in [0.25, 0.3) is 5.78 Å². The first-order valence-electron chi connectivity index (χ1n) is 9.66. The summed E-state index contributed by atoms with van der Waals surface area (Å²) in [7, 11) is 0. The molecule has 2 aliphatic heterocycles. The topological polar surface area (TPSA) is 52.8 Å². The predicted molar refractivity (Wildman–Crippen MR) is 99.0 cm³/mol. The van der Waals surface area contributed by atoms with Gasteiger partial charge >= 0.3 is 0 Å². The van der Waals surface area contributed by atoms with Gasteiger partial charge in [0.2, 0.25) is 0 Å². The molecule has 0 N–H and O–H groups in total. The Kier molecular flexibility index (Phi) is 4.85. The third-order valence-electron chi connectivity index (χ3n) is 5.27. The fourth-order valence-electron chi connectivity index (χ4n) is 3.94. The first-order chi connectivity index (χ1) is 12.2. The van der Waals surface area contributed by atoms with Crippen molar-refractivity contribution in [3.05, 3.63) is 17.6 Å². The van der Waals surface area contributed by atoms with Crippen molar-refractivity contribution in [3.63, 3.8) is 0 Å². The van der Waals surface area contributed by atoms with Crippen LogP contribution in [0.25, 0.3) is 5.78 Å². The minimum Gasteiger partial charge on any atom is -0.356 e. The zero-order valence-corrected chi connectivity index (χ0v) is 15.5. The maximum Gasteiger partial charge on any atom is 0.254 e. The summed E-state index contributed by atoms with van der Waals surface area (Å²) in [5.41, 5.74) is 1.02. The molecule has 0 radical (unpaired) electrons. The van der Waals surface area contributed by atoms with Crippen LogP contribution in [-0.2, 0) is 6.54 Å². The molecule has 0 amide bonds. The largest absolute Gasteiger partial charge is 0.356 e. The number of rotatable bonds is 5. The Morgan fingerprint density at radius 3 is 2.40 bits per heavy atom. The van der Waals surface area contributed by atoms with Crippen LogP contribution in [0.3, 0.4) is 0 Å². The van der Waals surface area contributed by atoms with Gasteiger partial charge in [0.05, 0.1) is 6.54 Å². The van der Waals surface area contributed by atoms with Crippen molar-refractivity contribution in [2.45, 2.75) is 39.7 Å². The average molecular weight is 343 g/mol. The predicted octanol–water partition coefficient (Wildman–Crippen LogP) is 1.56. The molecule has 0 aromatic carbocycles. The molecule has 7 nitrogen and oxygen atoms in total. The number of hydrogen-bond donors (Lipinski definition) is 0. The average Bonchev–Trinajstić information content (AvgIpc) is 3.25. The van der Waals surface area contributed by atoms with Crippen LogP contribution in [0.2, 0.25) is 0 Å². The molecule has 4 heterocycles. The molecule has 0 unspecified atom stereocenters. The maximum atomic E-state index is 4.79. The zero-order valence-electron chi connectivity index (χ0n) is 15.5. The Morgan fingerprint density at radius 1 is 0.960 bits per heavy atom. The summed E-state index contributed by atoms with van der Waals surface area (Å²) < 4.78 is 1.95. The molecular weight excluding hydrogens is 314 g/mol. The lowest BCUT2D eigenvalue weighted by Gasteiger charge is -2.33. The summed E-state index contributed by atoms with van der Waals surface area (Å²) in [5.74, 6) is 2.77. The highest BCUT2D eigenvalue weighted by Crippen LogP contribution is 2.21. The Labute approximate surface area is 149 Å². The quantitative estimate of drug-likeness (QED) is 0.821. The van der Waals surface area contributed by atoms with Crippen LogP contribution in [0.5, 0.6) is 0 Å². The molecule has 0 spiro atoms. The molecular formula is C18H29N7. The Morgan fingerprint density at radius 2 is 1.68 bits per heavy atom. The second-order valence-electron chi connectivity index (χ2n) is 7.31. The number of aromatic nitrogens is 4. The van der Waals surface area contributed by atoms with Crippen molar-refractivity contribution in [1.82, 2.24) is 29.4 Å². The van der Waals surface area contributed by atoms with Crippen LogP contribution in [0.1, 0.15) is 37.7 Å². The lowest BCUT2D eigenvalue weighted by Crippen LogP contribution is -2.46. The molecule has 2 aromatic heterocycles. The van der Waals surface area contributed by atoms with Gasteiger partial charge in [-0.15, -0.1) is 5.10 Å². The number of nitrogens with zero attached hydrogens (tertiary/aromatic N) is 7. The fraction of sp³-hybridized carbons (Fsp3) is 0.722. The van der Waals surface area contributed by atoms with Crippen molar-refractivity contribution in [2.24, 2.45) is 0 Å². The van der Waals surface area contributed by atoms with Crippen molar-refractivity contribution >= 4 is 11.6 Å². The van der Waals surface area contributed by atoms with Crippen molar-refractivity contribution in [1.29, 1.82) is 0 Å². The lowest BCUT2D eigenvalue weighted by atomic mass is 10.3. The van der Waals surface area contributed by atoms with E-state index in [4.69, 9.17) is 10.1 Å². The maximum absolute atomic E-state index is 4.79. The Hall–Kier alpha value is -1.73. The summed E-state index contributed by atoms with van der Waals surface area (Å²) >= 11 is 0. The molecule has 0 aliphatic carbocycles. The van der Waals surface area contributed by atoms with E-state index in [-0.39, 0.29) is 0 Å². The monoisotopic (exact) mass is 343 g/mol. The van der Waals surface area contributed by atoms with E-state index in [9.17, 15) is 0 Å². The second kappa shape index (κ2) is 7.25. The van der Waals surface area contributed by atoms with Gasteiger partial charge in [-0.1, -0.05) is 6.92 Å². The van der Waals surface area contributed by atoms with E-state index in [2.05, 4.69) is 32.7 Å². The minimum atomic E-state index is 0.738. The molecule has 0 atom stereocenters. The highest BCUT2D eigenvalue weighted by atomic mass is 15.4. The van der Waals surface area contributed by atoms with E-state index in [0.29, 0.717) is 0 Å². The van der Waals surface area contributed by atoms with Crippen molar-refractivity contribution in [3.8, 4) is 0 Å². The number of fused-ring (bicyclic) bond motifs is 1. The normalized spacial score (nSPS) is 20.0. The third kappa shape index (κ3) is 3.62. The van der Waals surface area contributed by atoms with Gasteiger partial charge in [-0.05, 0) is 32.7 Å². The van der Waals surface area contributed by atoms with Gasteiger partial charge in [0.1, 0.15) is 5.82 Å². The van der Waals surface area contributed by atoms with Crippen LogP contribution in [0.15, 0.2) is 6.07 Å². The second-order valence-corrected chi connectivity index (χ2v) is 7.31. The van der Waals surface area contributed by atoms with E-state index in [1.54, 1.807) is 0 Å². The summed E-state index contributed by atoms with van der Waals surface area (Å²) in [6, 6.07) is 2.14. The van der Waals surface area contributed by atoms with Crippen molar-refractivity contribution < 1.29 is 0 Å². The molecule has 2 fully saturated rings. The van der Waals surface area contributed by atoms with E-state index >= 15 is 0 Å². The molecule has 4 rings (SSSR count). The third-order valence-corrected chi connectivity index (χ3v) is 5.27. The summed E-state index contributed by atoms with van der Waals surface area (Å²) in [6.07, 6.45) is 3.75. The smallest absolute Gasteiger partial charge is 0.254 e. The summed E-state index contributed by atoms with van der Waals surface area (Å²) in [5, 5.41) is 4.79. The fourth-order valence-corrected chi connectivity index (χ4v) is 3.94. The van der Waals surface area contributed by atoms with Gasteiger partial charge in [-0.3, -0.25) is 4.90 Å². The zero-order chi connectivity index (χ0) is 17.2. The number of anilines is 1. The molecule has 7 heteroatoms. The van der Waals surface area contributed by atoms with Crippen molar-refractivity contribution in [2.75, 3.05) is 50.7 Å². The van der Waals surface area contributed by atoms with Crippen LogP contribution in [0.4, 0.5) is 5.82 Å². The van der Waals surface area contributed by atoms with Crippen LogP contribution in [-0.4, -0.2) is 75.2 Å². The molecule has 0 saturated carbocycles. The molecule has 0 bridgehead atoms. The van der Waals surface area contributed by atoms with Crippen LogP contribution >= 0.6 is 0 Å². The van der Waals surface area contributed by atoms with E-state index in [0.717, 1.165) is 68.9 Å². The van der Waals surface area contributed by atoms with E-state index < -0.39 is 0 Å². The Balaban J connectivity index is 1.50. The highest BCUT2D eigenvalue weighted by Gasteiger charge is 2.21. The number of piperazine rings is 1. The lowest BCUT2D eigenvalue weighted by molar-refractivity contribution is 0.125. The van der Waals surface area contributed by atoms with Gasteiger partial charge < -0.3 is 9.80 Å². The number of aryl methyl sites for hydroxylation is 1. The first-order valence-corrected chi connectivity index (χ1v) is 9.66. The molecule has 25 heavy (non-hydrogen) atoms. The minimum absolute atomic E-state index is 0.738. The number of hydrogen-bond acceptors (Lipinski definition) is 6. The first kappa shape index (κ1) is 16.7. The van der Waals surface area contributed by atoms with Gasteiger partial charge in [0.15, 0.2) is 5.82 Å². The van der Waals surface area contributed by atoms with Crippen LogP contribution < -0.4 is 4.90 Å². The molecule has 2 aliphatic rings.